The number of methoxy groups -OCH3 is 2. The van der Waals surface area contributed by atoms with E-state index in [4.69, 9.17) is 16.3 Å². The van der Waals surface area contributed by atoms with E-state index in [1.165, 1.54) is 20.1 Å². The van der Waals surface area contributed by atoms with Gasteiger partial charge in [0.2, 0.25) is 0 Å². The average molecular weight is 448 g/mol. The first-order valence-corrected chi connectivity index (χ1v) is 9.64. The number of esters is 1. The van der Waals surface area contributed by atoms with Crippen molar-refractivity contribution in [2.24, 2.45) is 0 Å². The zero-order chi connectivity index (χ0) is 22.7. The number of halogens is 1. The molecule has 1 aliphatic rings. The highest BCUT2D eigenvalue weighted by atomic mass is 35.5. The van der Waals surface area contributed by atoms with Crippen LogP contribution in [-0.2, 0) is 14.3 Å². The van der Waals surface area contributed by atoms with Gasteiger partial charge in [0.05, 0.1) is 25.3 Å². The summed E-state index contributed by atoms with van der Waals surface area (Å²) in [5, 5.41) is 22.8. The van der Waals surface area contributed by atoms with E-state index < -0.39 is 24.0 Å². The number of nitrogens with one attached hydrogen (secondary N) is 3. The third-order valence-electron chi connectivity index (χ3n) is 4.84. The molecule has 164 valence electrons. The van der Waals surface area contributed by atoms with Gasteiger partial charge >= 0.3 is 5.97 Å². The number of hydrogen-bond acceptors (Lipinski definition) is 8. The molecule has 0 bridgehead atoms. The minimum Gasteiger partial charge on any atom is -0.507 e. The molecule has 1 heterocycles. The molecule has 0 aliphatic carbocycles. The Balaban J connectivity index is 2.08. The Labute approximate surface area is 183 Å². The summed E-state index contributed by atoms with van der Waals surface area (Å²) in [5.41, 5.74) is 7.41. The smallest absolute Gasteiger partial charge is 0.328 e. The maximum atomic E-state index is 12.9. The minimum atomic E-state index is -0.875. The van der Waals surface area contributed by atoms with Crippen molar-refractivity contribution in [3.05, 3.63) is 58.2 Å². The van der Waals surface area contributed by atoms with Crippen molar-refractivity contribution in [3.8, 4) is 17.2 Å². The summed E-state index contributed by atoms with van der Waals surface area (Å²) in [6.07, 6.45) is 0. The molecule has 2 aromatic carbocycles. The summed E-state index contributed by atoms with van der Waals surface area (Å²) in [7, 11) is 2.77. The molecule has 1 aliphatic heterocycles. The summed E-state index contributed by atoms with van der Waals surface area (Å²) in [5.74, 6) is -1.00. The highest BCUT2D eigenvalue weighted by Gasteiger charge is 2.34. The van der Waals surface area contributed by atoms with E-state index in [0.717, 1.165) is 6.07 Å². The standard InChI is InChI=1S/C21H22ClN3O6/c1-10(21(29)31-3)23-20(28)19-17(11-4-6-12(30-2)7-5-11)18(24-25-19)13-8-14(22)16(27)9-15(13)26/h4-10,18,24-27H,1-3H3,(H,23,28)/t10-,18?/m1/s1. The van der Waals surface area contributed by atoms with Crippen LogP contribution in [0.5, 0.6) is 17.2 Å². The lowest BCUT2D eigenvalue weighted by Crippen LogP contribution is -2.42. The SMILES string of the molecule is COC(=O)[C@@H](C)NC(=O)C1=C(c2ccc(OC)cc2)C(c2cc(Cl)c(O)cc2O)NN1. The fourth-order valence-corrected chi connectivity index (χ4v) is 3.40. The average Bonchev–Trinajstić information content (AvgIpc) is 3.20. The van der Waals surface area contributed by atoms with Crippen LogP contribution in [0.25, 0.3) is 5.57 Å². The molecule has 0 aromatic heterocycles. The number of aromatic hydroxyl groups is 2. The van der Waals surface area contributed by atoms with Crippen molar-refractivity contribution >= 4 is 29.1 Å². The van der Waals surface area contributed by atoms with Crippen LogP contribution >= 0.6 is 11.6 Å². The number of benzene rings is 2. The molecule has 10 heteroatoms. The fraction of sp³-hybridized carbons (Fsp3) is 0.238. The molecule has 1 amide bonds. The maximum absolute atomic E-state index is 12.9. The van der Waals surface area contributed by atoms with Crippen LogP contribution in [0, 0.1) is 0 Å². The summed E-state index contributed by atoms with van der Waals surface area (Å²) < 4.78 is 9.85. The third kappa shape index (κ3) is 4.52. The summed E-state index contributed by atoms with van der Waals surface area (Å²) in [6.45, 7) is 1.50. The molecule has 0 fully saturated rings. The van der Waals surface area contributed by atoms with Gasteiger partial charge in [-0.15, -0.1) is 0 Å². The number of phenols is 2. The molecule has 9 nitrogen and oxygen atoms in total. The molecular weight excluding hydrogens is 426 g/mol. The Morgan fingerprint density at radius 1 is 1.13 bits per heavy atom. The van der Waals surface area contributed by atoms with Gasteiger partial charge in [0.1, 0.15) is 29.0 Å². The second-order valence-electron chi connectivity index (χ2n) is 6.80. The molecule has 0 radical (unpaired) electrons. The molecule has 0 saturated carbocycles. The van der Waals surface area contributed by atoms with Gasteiger partial charge < -0.3 is 30.4 Å². The second kappa shape index (κ2) is 9.15. The number of hydrazine groups is 1. The molecule has 0 saturated heterocycles. The Morgan fingerprint density at radius 2 is 1.81 bits per heavy atom. The van der Waals surface area contributed by atoms with Crippen LogP contribution in [0.1, 0.15) is 24.1 Å². The largest absolute Gasteiger partial charge is 0.507 e. The van der Waals surface area contributed by atoms with E-state index in [0.29, 0.717) is 22.4 Å². The maximum Gasteiger partial charge on any atom is 0.328 e. The molecule has 5 N–H and O–H groups in total. The van der Waals surface area contributed by atoms with E-state index in [-0.39, 0.29) is 22.2 Å². The van der Waals surface area contributed by atoms with Crippen molar-refractivity contribution in [3.63, 3.8) is 0 Å². The van der Waals surface area contributed by atoms with Crippen molar-refractivity contribution in [2.45, 2.75) is 19.0 Å². The Bertz CT molecular complexity index is 1040. The van der Waals surface area contributed by atoms with Gasteiger partial charge in [-0.1, -0.05) is 23.7 Å². The lowest BCUT2D eigenvalue weighted by atomic mass is 9.92. The first kappa shape index (κ1) is 22.3. The molecule has 3 rings (SSSR count). The number of phenolic OH excluding ortho intramolecular Hbond substituents is 2. The lowest BCUT2D eigenvalue weighted by Gasteiger charge is -2.18. The summed E-state index contributed by atoms with van der Waals surface area (Å²) >= 11 is 6.04. The normalized spacial score (nSPS) is 16.5. The number of carbonyl (C=O) groups excluding carboxylic acids is 2. The predicted molar refractivity (Wildman–Crippen MR) is 113 cm³/mol. The van der Waals surface area contributed by atoms with Crippen LogP contribution in [0.15, 0.2) is 42.1 Å². The third-order valence-corrected chi connectivity index (χ3v) is 5.14. The van der Waals surface area contributed by atoms with Crippen LogP contribution in [0.2, 0.25) is 5.02 Å². The van der Waals surface area contributed by atoms with Crippen LogP contribution in [0.4, 0.5) is 0 Å². The highest BCUT2D eigenvalue weighted by molar-refractivity contribution is 6.32. The molecule has 2 aromatic rings. The Morgan fingerprint density at radius 3 is 2.42 bits per heavy atom. The topological polar surface area (TPSA) is 129 Å². The van der Waals surface area contributed by atoms with Crippen LogP contribution in [0.3, 0.4) is 0 Å². The number of hydrogen-bond donors (Lipinski definition) is 5. The van der Waals surface area contributed by atoms with Gasteiger partial charge in [0.25, 0.3) is 5.91 Å². The van der Waals surface area contributed by atoms with E-state index in [1.54, 1.807) is 31.4 Å². The quantitative estimate of drug-likeness (QED) is 0.425. The van der Waals surface area contributed by atoms with E-state index in [9.17, 15) is 19.8 Å². The van der Waals surface area contributed by atoms with Gasteiger partial charge in [-0.05, 0) is 30.7 Å². The van der Waals surface area contributed by atoms with E-state index in [2.05, 4.69) is 20.9 Å². The highest BCUT2D eigenvalue weighted by Crippen LogP contribution is 2.42. The Hall–Kier alpha value is -3.43. The van der Waals surface area contributed by atoms with Gasteiger partial charge in [-0.3, -0.25) is 4.79 Å². The van der Waals surface area contributed by atoms with Crippen LogP contribution in [-0.4, -0.2) is 42.4 Å². The molecule has 0 spiro atoms. The minimum absolute atomic E-state index is 0.0425. The van der Waals surface area contributed by atoms with E-state index >= 15 is 0 Å². The molecule has 31 heavy (non-hydrogen) atoms. The van der Waals surface area contributed by atoms with Crippen LogP contribution < -0.4 is 20.9 Å². The summed E-state index contributed by atoms with van der Waals surface area (Å²) in [6, 6.07) is 7.94. The number of carbonyl (C=O) groups is 2. The van der Waals surface area contributed by atoms with Crippen molar-refractivity contribution < 1.29 is 29.3 Å². The van der Waals surface area contributed by atoms with Gasteiger partial charge in [0, 0.05) is 17.2 Å². The van der Waals surface area contributed by atoms with Crippen molar-refractivity contribution in [1.29, 1.82) is 0 Å². The number of amides is 1. The van der Waals surface area contributed by atoms with Gasteiger partial charge in [-0.25, -0.2) is 10.2 Å². The lowest BCUT2D eigenvalue weighted by molar-refractivity contribution is -0.144. The Kier molecular flexibility index (Phi) is 6.57. The molecular formula is C21H22ClN3O6. The van der Waals surface area contributed by atoms with Crippen molar-refractivity contribution in [1.82, 2.24) is 16.2 Å². The summed E-state index contributed by atoms with van der Waals surface area (Å²) in [4.78, 5) is 24.6. The zero-order valence-electron chi connectivity index (χ0n) is 17.0. The van der Waals surface area contributed by atoms with E-state index in [1.807, 2.05) is 0 Å². The van der Waals surface area contributed by atoms with Gasteiger partial charge in [-0.2, -0.15) is 0 Å². The molecule has 1 unspecified atom stereocenters. The predicted octanol–water partition coefficient (Wildman–Crippen LogP) is 2.00. The molecule has 2 atom stereocenters. The monoisotopic (exact) mass is 447 g/mol. The first-order chi connectivity index (χ1) is 14.8. The zero-order valence-corrected chi connectivity index (χ0v) is 17.8. The van der Waals surface area contributed by atoms with Gasteiger partial charge in [0.15, 0.2) is 0 Å². The second-order valence-corrected chi connectivity index (χ2v) is 7.21. The van der Waals surface area contributed by atoms with Crippen molar-refractivity contribution in [2.75, 3.05) is 14.2 Å². The first-order valence-electron chi connectivity index (χ1n) is 9.27. The number of rotatable bonds is 6. The fourth-order valence-electron chi connectivity index (χ4n) is 3.22. The number of ether oxygens (including phenoxy) is 2.